The van der Waals surface area contributed by atoms with Crippen LogP contribution in [0.5, 0.6) is 5.75 Å². The van der Waals surface area contributed by atoms with E-state index in [2.05, 4.69) is 10.1 Å². The van der Waals surface area contributed by atoms with E-state index in [9.17, 15) is 31.9 Å². The van der Waals surface area contributed by atoms with Crippen LogP contribution in [0.2, 0.25) is 19.6 Å². The number of anilines is 1. The molecule has 0 radical (unpaired) electrons. The van der Waals surface area contributed by atoms with E-state index in [-0.39, 0.29) is 36.0 Å². The van der Waals surface area contributed by atoms with Crippen LogP contribution in [-0.4, -0.2) is 49.0 Å². The number of ether oxygens (including phenoxy) is 1. The highest BCUT2D eigenvalue weighted by atomic mass is 28.3. The molecule has 3 rings (SSSR count). The summed E-state index contributed by atoms with van der Waals surface area (Å²) in [5.74, 6) is -4.30. The van der Waals surface area contributed by atoms with Crippen molar-refractivity contribution in [2.45, 2.75) is 51.6 Å². The lowest BCUT2D eigenvalue weighted by molar-refractivity contribution is -0.143. The number of nitrogens with zero attached hydrogens (tertiary/aromatic N) is 1. The Morgan fingerprint density at radius 3 is 2.31 bits per heavy atom. The van der Waals surface area contributed by atoms with Gasteiger partial charge in [0.15, 0.2) is 0 Å². The second-order valence-electron chi connectivity index (χ2n) is 9.43. The van der Waals surface area contributed by atoms with Gasteiger partial charge in [-0.15, -0.1) is 0 Å². The maximum Gasteiger partial charge on any atom is 0.387 e. The summed E-state index contributed by atoms with van der Waals surface area (Å²) in [6.45, 7) is 2.28. The summed E-state index contributed by atoms with van der Waals surface area (Å²) in [6, 6.07) is 4.66. The van der Waals surface area contributed by atoms with Crippen molar-refractivity contribution in [3.63, 3.8) is 0 Å². The molecular formula is C24H26F4N2O5Si. The predicted octanol–water partition coefficient (Wildman–Crippen LogP) is 4.04. The number of nitrogens with one attached hydrogen (secondary N) is 1. The first kappa shape index (κ1) is 27.2. The number of fused-ring (bicyclic) bond motifs is 1. The fourth-order valence-electron chi connectivity index (χ4n) is 4.26. The van der Waals surface area contributed by atoms with Crippen LogP contribution >= 0.6 is 0 Å². The standard InChI is InChI=1S/C24H26F4N2O5Si/c1-36(2,3)22-17(25)11-14(12-18(22)26)29-23(34)21-16-5-4-15(35-24(27)28)10-13(16)8-9-30(21)19(31)6-7-20(32)33/h4-5,10-12,21,24H,6-9H2,1-3H3,(H,29,34)(H,32,33)/t21-/m1/s1. The molecule has 2 aromatic rings. The molecule has 1 aliphatic rings. The highest BCUT2D eigenvalue weighted by Crippen LogP contribution is 2.34. The van der Waals surface area contributed by atoms with Crippen LogP contribution in [0, 0.1) is 11.6 Å². The Morgan fingerprint density at radius 1 is 1.11 bits per heavy atom. The van der Waals surface area contributed by atoms with Crippen molar-refractivity contribution >= 4 is 36.7 Å². The smallest absolute Gasteiger partial charge is 0.387 e. The van der Waals surface area contributed by atoms with E-state index in [1.165, 1.54) is 23.1 Å². The Bertz CT molecular complexity index is 1160. The number of halogens is 4. The van der Waals surface area contributed by atoms with Gasteiger partial charge in [0.05, 0.1) is 14.5 Å². The van der Waals surface area contributed by atoms with Gasteiger partial charge in [0.25, 0.3) is 5.91 Å². The Labute approximate surface area is 206 Å². The molecule has 0 bridgehead atoms. The average molecular weight is 527 g/mol. The van der Waals surface area contributed by atoms with E-state index in [1.807, 2.05) is 0 Å². The lowest BCUT2D eigenvalue weighted by atomic mass is 9.91. The molecule has 0 unspecified atom stereocenters. The number of carboxylic acid groups (broad SMARTS) is 1. The van der Waals surface area contributed by atoms with E-state index in [1.54, 1.807) is 19.6 Å². The van der Waals surface area contributed by atoms with Crippen LogP contribution in [0.1, 0.15) is 30.0 Å². The predicted molar refractivity (Wildman–Crippen MR) is 126 cm³/mol. The van der Waals surface area contributed by atoms with Gasteiger partial charge in [-0.1, -0.05) is 25.7 Å². The number of aliphatic carboxylic acids is 1. The number of carboxylic acids is 1. The zero-order valence-electron chi connectivity index (χ0n) is 19.9. The van der Waals surface area contributed by atoms with Gasteiger partial charge in [-0.3, -0.25) is 14.4 Å². The van der Waals surface area contributed by atoms with Crippen LogP contribution in [0.4, 0.5) is 23.2 Å². The summed E-state index contributed by atoms with van der Waals surface area (Å²) < 4.78 is 59.1. The van der Waals surface area contributed by atoms with Gasteiger partial charge in [-0.25, -0.2) is 8.78 Å². The minimum atomic E-state index is -3.05. The van der Waals surface area contributed by atoms with Crippen LogP contribution in [0.25, 0.3) is 0 Å². The fraction of sp³-hybridized carbons (Fsp3) is 0.375. The molecule has 7 nitrogen and oxygen atoms in total. The Hall–Kier alpha value is -3.41. The molecule has 0 fully saturated rings. The number of alkyl halides is 2. The lowest BCUT2D eigenvalue weighted by Gasteiger charge is -2.36. The van der Waals surface area contributed by atoms with Crippen molar-refractivity contribution in [3.8, 4) is 5.75 Å². The number of hydrogen-bond donors (Lipinski definition) is 2. The van der Waals surface area contributed by atoms with Crippen molar-refractivity contribution in [1.29, 1.82) is 0 Å². The SMILES string of the molecule is C[Si](C)(C)c1c(F)cc(NC(=O)[C@H]2c3ccc(OC(F)F)cc3CCN2C(=O)CCC(=O)O)cc1F. The molecule has 0 aromatic heterocycles. The van der Waals surface area contributed by atoms with Crippen LogP contribution in [0.3, 0.4) is 0 Å². The van der Waals surface area contributed by atoms with Crippen molar-refractivity contribution in [2.75, 3.05) is 11.9 Å². The molecule has 1 atom stereocenters. The molecule has 12 heteroatoms. The molecular weight excluding hydrogens is 500 g/mol. The molecule has 1 heterocycles. The third-order valence-electron chi connectivity index (χ3n) is 5.75. The van der Waals surface area contributed by atoms with Crippen molar-refractivity contribution < 1.29 is 41.8 Å². The zero-order chi connectivity index (χ0) is 26.8. The highest BCUT2D eigenvalue weighted by Gasteiger charge is 2.36. The Balaban J connectivity index is 1.97. The van der Waals surface area contributed by atoms with Gasteiger partial charge in [0.1, 0.15) is 23.4 Å². The molecule has 2 amide bonds. The van der Waals surface area contributed by atoms with Gasteiger partial charge in [-0.05, 0) is 41.8 Å². The zero-order valence-corrected chi connectivity index (χ0v) is 20.9. The van der Waals surface area contributed by atoms with Gasteiger partial charge < -0.3 is 20.1 Å². The summed E-state index contributed by atoms with van der Waals surface area (Å²) in [7, 11) is -2.36. The summed E-state index contributed by atoms with van der Waals surface area (Å²) in [5.41, 5.74) is 0.630. The molecule has 0 saturated heterocycles. The normalized spacial score (nSPS) is 15.4. The lowest BCUT2D eigenvalue weighted by Crippen LogP contribution is -2.45. The second kappa shape index (κ2) is 10.7. The quantitative estimate of drug-likeness (QED) is 0.400. The molecule has 1 aliphatic heterocycles. The fourth-order valence-corrected chi connectivity index (χ4v) is 5.84. The number of benzene rings is 2. The summed E-state index contributed by atoms with van der Waals surface area (Å²) >= 11 is 0. The first-order chi connectivity index (χ1) is 16.8. The van der Waals surface area contributed by atoms with Gasteiger partial charge in [0.2, 0.25) is 5.91 Å². The largest absolute Gasteiger partial charge is 0.481 e. The number of amides is 2. The molecule has 0 saturated carbocycles. The molecule has 194 valence electrons. The minimum absolute atomic E-state index is 0.00104. The molecule has 2 N–H and O–H groups in total. The Kier molecular flexibility index (Phi) is 8.07. The maximum atomic E-state index is 14.7. The monoisotopic (exact) mass is 526 g/mol. The molecule has 0 spiro atoms. The van der Waals surface area contributed by atoms with Crippen molar-refractivity contribution in [1.82, 2.24) is 4.90 Å². The van der Waals surface area contributed by atoms with Crippen molar-refractivity contribution in [2.24, 2.45) is 0 Å². The summed E-state index contributed by atoms with van der Waals surface area (Å²) in [4.78, 5) is 38.3. The van der Waals surface area contributed by atoms with E-state index in [0.29, 0.717) is 11.1 Å². The Morgan fingerprint density at radius 2 is 1.75 bits per heavy atom. The maximum absolute atomic E-state index is 14.7. The highest BCUT2D eigenvalue weighted by molar-refractivity contribution is 6.88. The second-order valence-corrected chi connectivity index (χ2v) is 14.4. The summed E-state index contributed by atoms with van der Waals surface area (Å²) in [5, 5.41) is 11.4. The van der Waals surface area contributed by atoms with E-state index in [0.717, 1.165) is 12.1 Å². The molecule has 2 aromatic carbocycles. The molecule has 36 heavy (non-hydrogen) atoms. The first-order valence-electron chi connectivity index (χ1n) is 11.2. The van der Waals surface area contributed by atoms with Gasteiger partial charge >= 0.3 is 12.6 Å². The first-order valence-corrected chi connectivity index (χ1v) is 14.7. The molecule has 0 aliphatic carbocycles. The van der Waals surface area contributed by atoms with Crippen LogP contribution < -0.4 is 15.2 Å². The van der Waals surface area contributed by atoms with Crippen LogP contribution in [-0.2, 0) is 20.8 Å². The van der Waals surface area contributed by atoms with Gasteiger partial charge in [-0.2, -0.15) is 8.78 Å². The number of carbonyl (C=O) groups excluding carboxylic acids is 2. The van der Waals surface area contributed by atoms with Gasteiger partial charge in [0, 0.05) is 23.8 Å². The third kappa shape index (κ3) is 6.22. The minimum Gasteiger partial charge on any atom is -0.481 e. The number of rotatable bonds is 8. The van der Waals surface area contributed by atoms with E-state index in [4.69, 9.17) is 5.11 Å². The summed E-state index contributed by atoms with van der Waals surface area (Å²) in [6.07, 6.45) is -0.617. The number of carbonyl (C=O) groups is 3. The topological polar surface area (TPSA) is 95.9 Å². The number of hydrogen-bond acceptors (Lipinski definition) is 4. The van der Waals surface area contributed by atoms with E-state index >= 15 is 0 Å². The van der Waals surface area contributed by atoms with Crippen LogP contribution in [0.15, 0.2) is 30.3 Å². The van der Waals surface area contributed by atoms with Crippen molar-refractivity contribution in [3.05, 3.63) is 53.1 Å². The average Bonchev–Trinajstić information content (AvgIpc) is 2.74. The van der Waals surface area contributed by atoms with E-state index < -0.39 is 56.6 Å². The third-order valence-corrected chi connectivity index (χ3v) is 7.73.